The highest BCUT2D eigenvalue weighted by molar-refractivity contribution is 7.99. The Kier molecular flexibility index (Phi) is 3.58. The first-order valence-corrected chi connectivity index (χ1v) is 7.36. The van der Waals surface area contributed by atoms with Gasteiger partial charge < -0.3 is 5.73 Å². The van der Waals surface area contributed by atoms with Gasteiger partial charge in [0.25, 0.3) is 0 Å². The van der Waals surface area contributed by atoms with Gasteiger partial charge in [0.15, 0.2) is 0 Å². The Balaban J connectivity index is 1.85. The monoisotopic (exact) mass is 273 g/mol. The van der Waals surface area contributed by atoms with Crippen LogP contribution in [0.1, 0.15) is 23.1 Å². The summed E-state index contributed by atoms with van der Waals surface area (Å²) < 4.78 is 13.9. The summed E-state index contributed by atoms with van der Waals surface area (Å²) in [5.41, 5.74) is 9.21. The fraction of sp³-hybridized carbons (Fsp3) is 0.250. The minimum Gasteiger partial charge on any atom is -0.326 e. The molecule has 0 radical (unpaired) electrons. The molecule has 0 unspecified atom stereocenters. The molecule has 0 bridgehead atoms. The van der Waals surface area contributed by atoms with Gasteiger partial charge in [-0.25, -0.2) is 4.39 Å². The first kappa shape index (κ1) is 12.7. The first-order valence-electron chi connectivity index (χ1n) is 6.54. The third-order valence-corrected chi connectivity index (χ3v) is 4.57. The third kappa shape index (κ3) is 2.67. The summed E-state index contributed by atoms with van der Waals surface area (Å²) in [5, 5.41) is 0. The van der Waals surface area contributed by atoms with Crippen LogP contribution in [0.3, 0.4) is 0 Å². The van der Waals surface area contributed by atoms with E-state index in [9.17, 15) is 4.39 Å². The Morgan fingerprint density at radius 3 is 2.68 bits per heavy atom. The molecule has 0 aliphatic heterocycles. The van der Waals surface area contributed by atoms with Crippen molar-refractivity contribution in [3.63, 3.8) is 0 Å². The van der Waals surface area contributed by atoms with Crippen LogP contribution in [0.15, 0.2) is 46.2 Å². The maximum absolute atomic E-state index is 13.9. The van der Waals surface area contributed by atoms with Crippen molar-refractivity contribution in [2.24, 2.45) is 5.73 Å². The quantitative estimate of drug-likeness (QED) is 0.917. The van der Waals surface area contributed by atoms with Gasteiger partial charge in [-0.3, -0.25) is 0 Å². The van der Waals surface area contributed by atoms with Crippen molar-refractivity contribution in [1.82, 2.24) is 0 Å². The summed E-state index contributed by atoms with van der Waals surface area (Å²) in [4.78, 5) is 1.77. The van der Waals surface area contributed by atoms with Gasteiger partial charge in [0.05, 0.1) is 0 Å². The Hall–Kier alpha value is -1.32. The molecule has 98 valence electrons. The zero-order chi connectivity index (χ0) is 13.2. The number of benzene rings is 2. The van der Waals surface area contributed by atoms with Crippen molar-refractivity contribution in [2.45, 2.75) is 35.6 Å². The van der Waals surface area contributed by atoms with E-state index in [0.29, 0.717) is 11.4 Å². The molecule has 2 aromatic carbocycles. The fourth-order valence-corrected chi connectivity index (χ4v) is 3.38. The highest BCUT2D eigenvalue weighted by Gasteiger charge is 2.12. The van der Waals surface area contributed by atoms with Gasteiger partial charge in [0.2, 0.25) is 0 Å². The van der Waals surface area contributed by atoms with Crippen molar-refractivity contribution in [3.8, 4) is 0 Å². The van der Waals surface area contributed by atoms with Gasteiger partial charge in [-0.1, -0.05) is 23.9 Å². The minimum atomic E-state index is -0.187. The van der Waals surface area contributed by atoms with Crippen molar-refractivity contribution in [3.05, 3.63) is 58.9 Å². The molecule has 1 aliphatic rings. The summed E-state index contributed by atoms with van der Waals surface area (Å²) in [6, 6.07) is 11.7. The van der Waals surface area contributed by atoms with Gasteiger partial charge in [-0.2, -0.15) is 0 Å². The zero-order valence-electron chi connectivity index (χ0n) is 10.7. The predicted octanol–water partition coefficient (Wildman–Crippen LogP) is 3.92. The third-order valence-electron chi connectivity index (χ3n) is 3.53. The fourth-order valence-electron chi connectivity index (χ4n) is 2.49. The number of nitrogens with two attached hydrogens (primary N) is 1. The van der Waals surface area contributed by atoms with E-state index in [1.165, 1.54) is 41.8 Å². The van der Waals surface area contributed by atoms with Crippen LogP contribution in [0, 0.1) is 5.82 Å². The topological polar surface area (TPSA) is 26.0 Å². The average Bonchev–Trinajstić information content (AvgIpc) is 2.88. The van der Waals surface area contributed by atoms with Crippen LogP contribution in [-0.2, 0) is 19.4 Å². The lowest BCUT2D eigenvalue weighted by molar-refractivity contribution is 0.599. The summed E-state index contributed by atoms with van der Waals surface area (Å²) in [7, 11) is 0. The Labute approximate surface area is 117 Å². The van der Waals surface area contributed by atoms with Gasteiger partial charge >= 0.3 is 0 Å². The van der Waals surface area contributed by atoms with E-state index in [2.05, 4.69) is 18.2 Å². The van der Waals surface area contributed by atoms with E-state index in [0.717, 1.165) is 16.9 Å². The second kappa shape index (κ2) is 5.35. The number of halogens is 1. The van der Waals surface area contributed by atoms with Crippen LogP contribution >= 0.6 is 11.8 Å². The van der Waals surface area contributed by atoms with E-state index in [1.807, 2.05) is 12.1 Å². The van der Waals surface area contributed by atoms with E-state index in [-0.39, 0.29) is 5.82 Å². The van der Waals surface area contributed by atoms with Crippen molar-refractivity contribution < 1.29 is 4.39 Å². The SMILES string of the molecule is NCc1ccc(Sc2ccc3c(c2)CCC3)c(F)c1. The van der Waals surface area contributed by atoms with E-state index < -0.39 is 0 Å². The van der Waals surface area contributed by atoms with Gasteiger partial charge in [0.1, 0.15) is 5.82 Å². The summed E-state index contributed by atoms with van der Waals surface area (Å²) >= 11 is 1.48. The summed E-state index contributed by atoms with van der Waals surface area (Å²) in [6.45, 7) is 0.376. The van der Waals surface area contributed by atoms with Gasteiger partial charge in [-0.05, 0) is 60.2 Å². The molecule has 1 nitrogen and oxygen atoms in total. The molecule has 0 fully saturated rings. The number of aryl methyl sites for hydroxylation is 2. The molecule has 3 heteroatoms. The second-order valence-electron chi connectivity index (χ2n) is 4.86. The standard InChI is InChI=1S/C16H16FNS/c17-15-8-11(10-18)4-7-16(15)19-14-6-5-12-2-1-3-13(12)9-14/h4-9H,1-3,10,18H2. The number of hydrogen-bond donors (Lipinski definition) is 1. The predicted molar refractivity (Wildman–Crippen MR) is 76.9 cm³/mol. The summed E-state index contributed by atoms with van der Waals surface area (Å²) in [6.07, 6.45) is 3.57. The van der Waals surface area contributed by atoms with Crippen molar-refractivity contribution >= 4 is 11.8 Å². The van der Waals surface area contributed by atoms with Crippen LogP contribution in [0.5, 0.6) is 0 Å². The molecular weight excluding hydrogens is 257 g/mol. The molecular formula is C16H16FNS. The Morgan fingerprint density at radius 2 is 1.89 bits per heavy atom. The van der Waals surface area contributed by atoms with Crippen LogP contribution in [0.2, 0.25) is 0 Å². The van der Waals surface area contributed by atoms with Gasteiger partial charge in [0, 0.05) is 16.3 Å². The molecule has 1 aliphatic carbocycles. The molecule has 0 spiro atoms. The highest BCUT2D eigenvalue weighted by atomic mass is 32.2. The highest BCUT2D eigenvalue weighted by Crippen LogP contribution is 2.33. The van der Waals surface area contributed by atoms with Crippen LogP contribution in [0.4, 0.5) is 4.39 Å². The molecule has 0 amide bonds. The Bertz CT molecular complexity index is 610. The molecule has 19 heavy (non-hydrogen) atoms. The normalized spacial score (nSPS) is 13.6. The maximum Gasteiger partial charge on any atom is 0.137 e. The lowest BCUT2D eigenvalue weighted by Crippen LogP contribution is -1.97. The maximum atomic E-state index is 13.9. The van der Waals surface area contributed by atoms with Crippen molar-refractivity contribution in [1.29, 1.82) is 0 Å². The minimum absolute atomic E-state index is 0.187. The number of rotatable bonds is 3. The summed E-state index contributed by atoms with van der Waals surface area (Å²) in [5.74, 6) is -0.187. The molecule has 0 aromatic heterocycles. The molecule has 0 saturated carbocycles. The van der Waals surface area contributed by atoms with Crippen LogP contribution < -0.4 is 5.73 Å². The number of fused-ring (bicyclic) bond motifs is 1. The second-order valence-corrected chi connectivity index (χ2v) is 5.97. The molecule has 2 N–H and O–H groups in total. The van der Waals surface area contributed by atoms with E-state index >= 15 is 0 Å². The molecule has 3 rings (SSSR count). The molecule has 2 aromatic rings. The lowest BCUT2D eigenvalue weighted by Gasteiger charge is -2.07. The van der Waals surface area contributed by atoms with E-state index in [4.69, 9.17) is 5.73 Å². The molecule has 0 atom stereocenters. The lowest BCUT2D eigenvalue weighted by atomic mass is 10.1. The Morgan fingerprint density at radius 1 is 1.05 bits per heavy atom. The smallest absolute Gasteiger partial charge is 0.137 e. The largest absolute Gasteiger partial charge is 0.326 e. The van der Waals surface area contributed by atoms with Gasteiger partial charge in [-0.15, -0.1) is 0 Å². The molecule has 0 heterocycles. The van der Waals surface area contributed by atoms with Crippen LogP contribution in [0.25, 0.3) is 0 Å². The average molecular weight is 273 g/mol. The number of hydrogen-bond acceptors (Lipinski definition) is 2. The van der Waals surface area contributed by atoms with Crippen LogP contribution in [-0.4, -0.2) is 0 Å². The molecule has 0 saturated heterocycles. The van der Waals surface area contributed by atoms with Crippen molar-refractivity contribution in [2.75, 3.05) is 0 Å². The first-order chi connectivity index (χ1) is 9.26. The van der Waals surface area contributed by atoms with E-state index in [1.54, 1.807) is 0 Å². The zero-order valence-corrected chi connectivity index (χ0v) is 11.5.